The molecule has 0 saturated carbocycles. The summed E-state index contributed by atoms with van der Waals surface area (Å²) in [5.41, 5.74) is -0.289. The van der Waals surface area contributed by atoms with Crippen LogP contribution in [0.15, 0.2) is 28.8 Å². The smallest absolute Gasteiger partial charge is 0.351 e. The van der Waals surface area contributed by atoms with Crippen LogP contribution in [0.25, 0.3) is 0 Å². The molecular formula is C12H15NO4. The maximum Gasteiger partial charge on any atom is 0.351 e. The van der Waals surface area contributed by atoms with Gasteiger partial charge in [-0.15, -0.1) is 0 Å². The normalized spacial score (nSPS) is 26.9. The van der Waals surface area contributed by atoms with Gasteiger partial charge in [0, 0.05) is 6.08 Å². The molecule has 1 atom stereocenters. The average molecular weight is 237 g/mol. The molecule has 5 nitrogen and oxygen atoms in total. The van der Waals surface area contributed by atoms with E-state index >= 15 is 0 Å². The molecule has 0 spiro atoms. The molecule has 0 radical (unpaired) electrons. The van der Waals surface area contributed by atoms with E-state index in [0.29, 0.717) is 17.2 Å². The molecule has 0 N–H and O–H groups in total. The first kappa shape index (κ1) is 11.7. The number of fused-ring (bicyclic) bond motifs is 1. The molecule has 2 aliphatic rings. The van der Waals surface area contributed by atoms with Gasteiger partial charge in [-0.3, -0.25) is 0 Å². The Morgan fingerprint density at radius 3 is 2.47 bits per heavy atom. The molecule has 0 aromatic rings. The van der Waals surface area contributed by atoms with Crippen LogP contribution in [0.1, 0.15) is 13.8 Å². The van der Waals surface area contributed by atoms with Crippen molar-refractivity contribution in [3.8, 4) is 0 Å². The first-order valence-corrected chi connectivity index (χ1v) is 5.39. The molecule has 0 aromatic heterocycles. The van der Waals surface area contributed by atoms with Crippen LogP contribution < -0.4 is 0 Å². The zero-order valence-corrected chi connectivity index (χ0v) is 10.3. The Balaban J connectivity index is 2.56. The molecule has 1 unspecified atom stereocenters. The molecule has 1 aliphatic carbocycles. The van der Waals surface area contributed by atoms with Crippen molar-refractivity contribution in [1.82, 2.24) is 0 Å². The number of allylic oxidation sites excluding steroid dienone is 1. The van der Waals surface area contributed by atoms with Crippen LogP contribution in [0.3, 0.4) is 0 Å². The van der Waals surface area contributed by atoms with Crippen molar-refractivity contribution in [3.63, 3.8) is 0 Å². The fourth-order valence-corrected chi connectivity index (χ4v) is 2.12. The van der Waals surface area contributed by atoms with Gasteiger partial charge in [0.25, 0.3) is 0 Å². The molecule has 92 valence electrons. The number of hydrogen-bond acceptors (Lipinski definition) is 5. The highest BCUT2D eigenvalue weighted by atomic mass is 16.7. The van der Waals surface area contributed by atoms with Gasteiger partial charge in [-0.1, -0.05) is 19.0 Å². The molecule has 2 rings (SSSR count). The van der Waals surface area contributed by atoms with Gasteiger partial charge >= 0.3 is 5.97 Å². The summed E-state index contributed by atoms with van der Waals surface area (Å²) in [6, 6.07) is 0. The Morgan fingerprint density at radius 1 is 1.29 bits per heavy atom. The van der Waals surface area contributed by atoms with Crippen LogP contribution in [0, 0.1) is 11.3 Å². The molecule has 17 heavy (non-hydrogen) atoms. The van der Waals surface area contributed by atoms with Crippen molar-refractivity contribution >= 4 is 11.7 Å². The van der Waals surface area contributed by atoms with Crippen molar-refractivity contribution in [2.45, 2.75) is 13.8 Å². The number of carbonyl (C=O) groups excluding carboxylic acids is 1. The van der Waals surface area contributed by atoms with Gasteiger partial charge in [-0.2, -0.15) is 0 Å². The number of methoxy groups -OCH3 is 2. The fraction of sp³-hybridized carbons (Fsp3) is 0.500. The summed E-state index contributed by atoms with van der Waals surface area (Å²) < 4.78 is 10.4. The summed E-state index contributed by atoms with van der Waals surface area (Å²) in [4.78, 5) is 16.7. The Hall–Kier alpha value is -1.78. The van der Waals surface area contributed by atoms with E-state index in [9.17, 15) is 4.79 Å². The zero-order valence-electron chi connectivity index (χ0n) is 10.3. The Bertz CT molecular complexity index is 447. The second kappa shape index (κ2) is 3.91. The number of carbonyl (C=O) groups is 1. The van der Waals surface area contributed by atoms with E-state index in [4.69, 9.17) is 14.3 Å². The van der Waals surface area contributed by atoms with Crippen molar-refractivity contribution in [2.24, 2.45) is 16.5 Å². The highest BCUT2D eigenvalue weighted by Crippen LogP contribution is 2.42. The van der Waals surface area contributed by atoms with E-state index < -0.39 is 5.41 Å². The lowest BCUT2D eigenvalue weighted by Gasteiger charge is -2.30. The third-order valence-corrected chi connectivity index (χ3v) is 3.21. The number of ether oxygens (including phenoxy) is 2. The molecule has 5 heteroatoms. The predicted octanol–water partition coefficient (Wildman–Crippen LogP) is 1.62. The predicted molar refractivity (Wildman–Crippen MR) is 61.0 cm³/mol. The minimum Gasteiger partial charge on any atom is -0.493 e. The first-order chi connectivity index (χ1) is 8.06. The van der Waals surface area contributed by atoms with Crippen molar-refractivity contribution in [1.29, 1.82) is 0 Å². The van der Waals surface area contributed by atoms with Gasteiger partial charge in [0.2, 0.25) is 0 Å². The summed E-state index contributed by atoms with van der Waals surface area (Å²) in [5, 5.41) is 3.81. The second-order valence-corrected chi connectivity index (χ2v) is 4.30. The SMILES string of the molecule is COC1=CC2=NOC(=O)C2(C(C)C)C=C1OC. The summed E-state index contributed by atoms with van der Waals surface area (Å²) in [5.74, 6) is 0.722. The highest BCUT2D eigenvalue weighted by molar-refractivity contribution is 6.17. The lowest BCUT2D eigenvalue weighted by Crippen LogP contribution is -2.40. The summed E-state index contributed by atoms with van der Waals surface area (Å²) >= 11 is 0. The van der Waals surface area contributed by atoms with E-state index in [0.717, 1.165) is 0 Å². The van der Waals surface area contributed by atoms with E-state index in [1.165, 1.54) is 7.11 Å². The summed E-state index contributed by atoms with van der Waals surface area (Å²) in [7, 11) is 3.08. The largest absolute Gasteiger partial charge is 0.493 e. The minimum absolute atomic E-state index is 0.0241. The molecule has 0 fully saturated rings. The van der Waals surface area contributed by atoms with E-state index in [2.05, 4.69) is 5.16 Å². The quantitative estimate of drug-likeness (QED) is 0.700. The van der Waals surface area contributed by atoms with Crippen molar-refractivity contribution in [2.75, 3.05) is 14.2 Å². The molecule has 0 aromatic carbocycles. The van der Waals surface area contributed by atoms with Crippen LogP contribution in [0.4, 0.5) is 0 Å². The fourth-order valence-electron chi connectivity index (χ4n) is 2.12. The maximum absolute atomic E-state index is 11.9. The molecular weight excluding hydrogens is 222 g/mol. The highest BCUT2D eigenvalue weighted by Gasteiger charge is 2.52. The van der Waals surface area contributed by atoms with Crippen LogP contribution >= 0.6 is 0 Å². The Kier molecular flexibility index (Phi) is 2.69. The van der Waals surface area contributed by atoms with E-state index in [1.807, 2.05) is 13.8 Å². The number of oxime groups is 1. The minimum atomic E-state index is -0.854. The molecule has 1 heterocycles. The average Bonchev–Trinajstić information content (AvgIpc) is 2.65. The van der Waals surface area contributed by atoms with Crippen molar-refractivity contribution in [3.05, 3.63) is 23.7 Å². The Labute approximate surface area is 99.7 Å². The zero-order chi connectivity index (χ0) is 12.6. The van der Waals surface area contributed by atoms with E-state index in [-0.39, 0.29) is 11.9 Å². The van der Waals surface area contributed by atoms with Gasteiger partial charge in [-0.05, 0) is 12.0 Å². The number of nitrogens with zero attached hydrogens (tertiary/aromatic N) is 1. The summed E-state index contributed by atoms with van der Waals surface area (Å²) in [6.07, 6.45) is 3.41. The van der Waals surface area contributed by atoms with Gasteiger partial charge in [0.15, 0.2) is 11.5 Å². The monoisotopic (exact) mass is 237 g/mol. The Morgan fingerprint density at radius 2 is 1.94 bits per heavy atom. The molecule has 1 aliphatic heterocycles. The van der Waals surface area contributed by atoms with Gasteiger partial charge in [0.1, 0.15) is 11.1 Å². The lowest BCUT2D eigenvalue weighted by atomic mass is 9.71. The topological polar surface area (TPSA) is 57.1 Å². The molecule has 0 amide bonds. The van der Waals surface area contributed by atoms with Crippen LogP contribution in [0.5, 0.6) is 0 Å². The van der Waals surface area contributed by atoms with Crippen LogP contribution in [-0.2, 0) is 19.1 Å². The van der Waals surface area contributed by atoms with Gasteiger partial charge in [-0.25, -0.2) is 4.79 Å². The number of rotatable bonds is 3. The summed E-state index contributed by atoms with van der Waals surface area (Å²) in [6.45, 7) is 3.88. The van der Waals surface area contributed by atoms with Gasteiger partial charge in [0.05, 0.1) is 14.2 Å². The van der Waals surface area contributed by atoms with Crippen molar-refractivity contribution < 1.29 is 19.1 Å². The second-order valence-electron chi connectivity index (χ2n) is 4.30. The third-order valence-electron chi connectivity index (χ3n) is 3.21. The number of hydrogen-bond donors (Lipinski definition) is 0. The maximum atomic E-state index is 11.9. The third kappa shape index (κ3) is 1.45. The van der Waals surface area contributed by atoms with E-state index in [1.54, 1.807) is 19.3 Å². The van der Waals surface area contributed by atoms with Crippen LogP contribution in [0.2, 0.25) is 0 Å². The van der Waals surface area contributed by atoms with Gasteiger partial charge < -0.3 is 14.3 Å². The first-order valence-electron chi connectivity index (χ1n) is 5.39. The lowest BCUT2D eigenvalue weighted by molar-refractivity contribution is -0.147. The van der Waals surface area contributed by atoms with Crippen LogP contribution in [-0.4, -0.2) is 25.9 Å². The molecule has 0 bridgehead atoms. The molecule has 0 saturated heterocycles. The standard InChI is InChI=1S/C12H15NO4/c1-7(2)12-6-9(16-4)8(15-3)5-10(12)13-17-11(12)14/h5-7H,1-4H3.